The van der Waals surface area contributed by atoms with Crippen LogP contribution in [0.2, 0.25) is 0 Å². The topological polar surface area (TPSA) is 55.8 Å². The molecular weight excluding hydrogens is 220 g/mol. The van der Waals surface area contributed by atoms with Gasteiger partial charge in [-0.2, -0.15) is 0 Å². The molecule has 1 aromatic carbocycles. The fourth-order valence-electron chi connectivity index (χ4n) is 2.44. The van der Waals surface area contributed by atoms with Gasteiger partial charge in [-0.15, -0.1) is 0 Å². The van der Waals surface area contributed by atoms with Crippen molar-refractivity contribution in [2.24, 2.45) is 0 Å². The second-order valence-corrected chi connectivity index (χ2v) is 4.24. The van der Waals surface area contributed by atoms with E-state index in [0.29, 0.717) is 11.5 Å². The normalized spacial score (nSPS) is 17.6. The molecule has 0 heterocycles. The Balaban J connectivity index is 2.35. The summed E-state index contributed by atoms with van der Waals surface area (Å²) in [4.78, 5) is 10.8. The van der Waals surface area contributed by atoms with Crippen molar-refractivity contribution < 1.29 is 19.4 Å². The van der Waals surface area contributed by atoms with E-state index in [9.17, 15) is 4.79 Å². The van der Waals surface area contributed by atoms with Crippen LogP contribution in [-0.4, -0.2) is 25.3 Å². The van der Waals surface area contributed by atoms with Gasteiger partial charge in [0, 0.05) is 0 Å². The summed E-state index contributed by atoms with van der Waals surface area (Å²) in [5.74, 6) is 0.728. The Kier molecular flexibility index (Phi) is 3.22. The predicted molar refractivity (Wildman–Crippen MR) is 62.9 cm³/mol. The summed E-state index contributed by atoms with van der Waals surface area (Å²) in [6.07, 6.45) is 1.98. The number of rotatable bonds is 4. The number of carboxylic acids is 1. The first-order chi connectivity index (χ1) is 8.15. The molecule has 1 atom stereocenters. The number of ether oxygens (including phenoxy) is 2. The highest BCUT2D eigenvalue weighted by Crippen LogP contribution is 2.41. The first kappa shape index (κ1) is 11.8. The fraction of sp³-hybridized carbons (Fsp3) is 0.462. The zero-order valence-corrected chi connectivity index (χ0v) is 10.0. The van der Waals surface area contributed by atoms with Crippen LogP contribution in [0, 0.1) is 0 Å². The zero-order valence-electron chi connectivity index (χ0n) is 10.0. The van der Waals surface area contributed by atoms with E-state index < -0.39 is 5.97 Å². The quantitative estimate of drug-likeness (QED) is 0.870. The molecule has 0 aromatic heterocycles. The van der Waals surface area contributed by atoms with Crippen LogP contribution in [0.3, 0.4) is 0 Å². The molecule has 0 radical (unpaired) electrons. The van der Waals surface area contributed by atoms with E-state index in [1.807, 2.05) is 12.1 Å². The van der Waals surface area contributed by atoms with E-state index in [0.717, 1.165) is 18.4 Å². The number of aryl methyl sites for hydroxylation is 1. The van der Waals surface area contributed by atoms with Gasteiger partial charge in [0.05, 0.1) is 20.6 Å². The lowest BCUT2D eigenvalue weighted by Crippen LogP contribution is -2.03. The van der Waals surface area contributed by atoms with Gasteiger partial charge < -0.3 is 14.6 Å². The van der Waals surface area contributed by atoms with Gasteiger partial charge in [0.2, 0.25) is 0 Å². The molecule has 0 amide bonds. The van der Waals surface area contributed by atoms with E-state index in [2.05, 4.69) is 0 Å². The number of fused-ring (bicyclic) bond motifs is 1. The largest absolute Gasteiger partial charge is 0.493 e. The van der Waals surface area contributed by atoms with Crippen molar-refractivity contribution in [3.8, 4) is 11.5 Å². The molecule has 2 rings (SSSR count). The summed E-state index contributed by atoms with van der Waals surface area (Å²) in [5, 5.41) is 8.87. The van der Waals surface area contributed by atoms with Crippen molar-refractivity contribution in [3.05, 3.63) is 23.3 Å². The Hall–Kier alpha value is -1.71. The van der Waals surface area contributed by atoms with Crippen LogP contribution in [0.5, 0.6) is 11.5 Å². The molecule has 0 saturated carbocycles. The zero-order chi connectivity index (χ0) is 12.4. The highest BCUT2D eigenvalue weighted by molar-refractivity contribution is 5.68. The Labute approximate surface area is 100 Å². The number of carbonyl (C=O) groups is 1. The lowest BCUT2D eigenvalue weighted by Gasteiger charge is -2.13. The second kappa shape index (κ2) is 4.65. The molecule has 0 saturated heterocycles. The molecule has 0 spiro atoms. The molecule has 1 aromatic rings. The van der Waals surface area contributed by atoms with E-state index in [1.165, 1.54) is 5.56 Å². The Bertz CT molecular complexity index is 439. The highest BCUT2D eigenvalue weighted by atomic mass is 16.5. The fourth-order valence-corrected chi connectivity index (χ4v) is 2.44. The molecule has 4 nitrogen and oxygen atoms in total. The molecule has 17 heavy (non-hydrogen) atoms. The number of hydrogen-bond donors (Lipinski definition) is 1. The van der Waals surface area contributed by atoms with E-state index in [1.54, 1.807) is 14.2 Å². The minimum Gasteiger partial charge on any atom is -0.493 e. The molecule has 4 heteroatoms. The number of aliphatic carboxylic acids is 1. The molecule has 1 aliphatic carbocycles. The van der Waals surface area contributed by atoms with Gasteiger partial charge in [0.1, 0.15) is 0 Å². The molecule has 0 aliphatic heterocycles. The molecule has 0 bridgehead atoms. The van der Waals surface area contributed by atoms with Gasteiger partial charge in [0.15, 0.2) is 11.5 Å². The summed E-state index contributed by atoms with van der Waals surface area (Å²) in [7, 11) is 3.19. The third-order valence-electron chi connectivity index (χ3n) is 3.27. The minimum atomic E-state index is -0.752. The molecule has 0 fully saturated rings. The van der Waals surface area contributed by atoms with Crippen molar-refractivity contribution in [2.75, 3.05) is 14.2 Å². The summed E-state index contributed by atoms with van der Waals surface area (Å²) >= 11 is 0. The Morgan fingerprint density at radius 2 is 2.00 bits per heavy atom. The van der Waals surface area contributed by atoms with Crippen LogP contribution in [-0.2, 0) is 11.2 Å². The van der Waals surface area contributed by atoms with Crippen LogP contribution in [0.4, 0.5) is 0 Å². The first-order valence-corrected chi connectivity index (χ1v) is 5.62. The van der Waals surface area contributed by atoms with E-state index in [4.69, 9.17) is 14.6 Å². The van der Waals surface area contributed by atoms with Gasteiger partial charge >= 0.3 is 5.97 Å². The summed E-state index contributed by atoms with van der Waals surface area (Å²) in [6, 6.07) is 3.87. The van der Waals surface area contributed by atoms with Crippen LogP contribution >= 0.6 is 0 Å². The molecule has 1 N–H and O–H groups in total. The maximum absolute atomic E-state index is 10.8. The standard InChI is InChI=1S/C13H16O4/c1-16-11-5-8-3-4-9(6-13(14)15)10(8)7-12(11)17-2/h5,7,9H,3-4,6H2,1-2H3,(H,14,15)/t9-/m1/s1. The van der Waals surface area contributed by atoms with E-state index >= 15 is 0 Å². The average Bonchev–Trinajstić information content (AvgIpc) is 2.69. The van der Waals surface area contributed by atoms with Crippen molar-refractivity contribution in [2.45, 2.75) is 25.2 Å². The third-order valence-corrected chi connectivity index (χ3v) is 3.27. The highest BCUT2D eigenvalue weighted by Gasteiger charge is 2.26. The van der Waals surface area contributed by atoms with Crippen molar-refractivity contribution in [1.82, 2.24) is 0 Å². The smallest absolute Gasteiger partial charge is 0.303 e. The second-order valence-electron chi connectivity index (χ2n) is 4.24. The molecule has 92 valence electrons. The maximum atomic E-state index is 10.8. The van der Waals surface area contributed by atoms with Crippen LogP contribution < -0.4 is 9.47 Å². The summed E-state index contributed by atoms with van der Waals surface area (Å²) in [5.41, 5.74) is 2.26. The van der Waals surface area contributed by atoms with Crippen LogP contribution in [0.25, 0.3) is 0 Å². The van der Waals surface area contributed by atoms with Gasteiger partial charge in [0.25, 0.3) is 0 Å². The lowest BCUT2D eigenvalue weighted by molar-refractivity contribution is -0.137. The summed E-state index contributed by atoms with van der Waals surface area (Å²) in [6.45, 7) is 0. The number of carboxylic acid groups (broad SMARTS) is 1. The maximum Gasteiger partial charge on any atom is 0.303 e. The monoisotopic (exact) mass is 236 g/mol. The molecular formula is C13H16O4. The van der Waals surface area contributed by atoms with Crippen LogP contribution in [0.15, 0.2) is 12.1 Å². The Morgan fingerprint density at radius 3 is 2.59 bits per heavy atom. The lowest BCUT2D eigenvalue weighted by atomic mass is 9.97. The molecule has 1 aliphatic rings. The predicted octanol–water partition coefficient (Wildman–Crippen LogP) is 2.21. The van der Waals surface area contributed by atoms with Gasteiger partial charge in [-0.05, 0) is 42.0 Å². The van der Waals surface area contributed by atoms with Crippen LogP contribution in [0.1, 0.15) is 29.9 Å². The number of benzene rings is 1. The van der Waals surface area contributed by atoms with Gasteiger partial charge in [-0.1, -0.05) is 0 Å². The van der Waals surface area contributed by atoms with Gasteiger partial charge in [-0.3, -0.25) is 4.79 Å². The SMILES string of the molecule is COc1cc2c(cc1OC)[C@@H](CC(=O)O)CC2. The minimum absolute atomic E-state index is 0.0994. The van der Waals surface area contributed by atoms with Crippen molar-refractivity contribution in [1.29, 1.82) is 0 Å². The first-order valence-electron chi connectivity index (χ1n) is 5.62. The number of methoxy groups -OCH3 is 2. The number of hydrogen-bond acceptors (Lipinski definition) is 3. The third kappa shape index (κ3) is 2.20. The van der Waals surface area contributed by atoms with Crippen molar-refractivity contribution >= 4 is 5.97 Å². The Morgan fingerprint density at radius 1 is 1.35 bits per heavy atom. The van der Waals surface area contributed by atoms with Crippen molar-refractivity contribution in [3.63, 3.8) is 0 Å². The molecule has 0 unspecified atom stereocenters. The summed E-state index contributed by atoms with van der Waals surface area (Å²) < 4.78 is 10.5. The average molecular weight is 236 g/mol. The van der Waals surface area contributed by atoms with Gasteiger partial charge in [-0.25, -0.2) is 0 Å². The van der Waals surface area contributed by atoms with E-state index in [-0.39, 0.29) is 12.3 Å².